The van der Waals surface area contributed by atoms with Gasteiger partial charge >= 0.3 is 0 Å². The van der Waals surface area contributed by atoms with Crippen molar-refractivity contribution in [1.82, 2.24) is 4.57 Å². The standard InChI is InChI=1S/C55H52N2/c1-10-12-18-46(36(3)4)48-29-27-44(33-50(48)37(5)6)56(45-26-28-47-39(11-2)35-55(8,9)52(47)34-45)42-24-21-40(22-25-42)41-23-30-54-51(32-41)49-19-13-14-20-53(49)57(54)43-17-15-16-38(7)31-43/h10-35,37H,1-2H2,3-9H3/b18-12-. The Morgan fingerprint density at radius 3 is 2.12 bits per heavy atom. The van der Waals surface area contributed by atoms with Crippen LogP contribution in [-0.2, 0) is 5.41 Å². The van der Waals surface area contributed by atoms with E-state index in [1.807, 2.05) is 18.2 Å². The highest BCUT2D eigenvalue weighted by atomic mass is 15.1. The maximum atomic E-state index is 4.13. The third-order valence-corrected chi connectivity index (χ3v) is 11.5. The molecule has 0 spiro atoms. The molecule has 57 heavy (non-hydrogen) atoms. The number of anilines is 3. The average molecular weight is 741 g/mol. The first-order valence-electron chi connectivity index (χ1n) is 20.1. The molecule has 0 amide bonds. The molecular weight excluding hydrogens is 689 g/mol. The molecule has 0 saturated carbocycles. The van der Waals surface area contributed by atoms with Crippen LogP contribution in [0.2, 0.25) is 0 Å². The van der Waals surface area contributed by atoms with Gasteiger partial charge in [-0.05, 0) is 144 Å². The van der Waals surface area contributed by atoms with Gasteiger partial charge in [0, 0.05) is 38.9 Å². The van der Waals surface area contributed by atoms with Gasteiger partial charge in [-0.3, -0.25) is 0 Å². The Balaban J connectivity index is 1.26. The number of aryl methyl sites for hydroxylation is 1. The number of nitrogens with zero attached hydrogens (tertiary/aromatic N) is 2. The zero-order valence-electron chi connectivity index (χ0n) is 34.4. The number of hydrogen-bond donors (Lipinski definition) is 0. The van der Waals surface area contributed by atoms with Gasteiger partial charge in [0.1, 0.15) is 0 Å². The molecule has 1 aromatic heterocycles. The molecule has 2 nitrogen and oxygen atoms in total. The molecule has 2 heteroatoms. The van der Waals surface area contributed by atoms with Crippen molar-refractivity contribution >= 4 is 50.0 Å². The van der Waals surface area contributed by atoms with Crippen molar-refractivity contribution in [2.45, 2.75) is 59.8 Å². The van der Waals surface area contributed by atoms with E-state index in [4.69, 9.17) is 0 Å². The highest BCUT2D eigenvalue weighted by Gasteiger charge is 2.30. The molecule has 0 aliphatic heterocycles. The summed E-state index contributed by atoms with van der Waals surface area (Å²) < 4.78 is 2.39. The SMILES string of the molecule is C=C/C=C\C(=C(C)C)c1ccc(N(c2ccc(-c3ccc4c(c3)c3ccccc3n4-c3cccc(C)c3)cc2)c2ccc3c(c2)C(C)(C)C=C3C=C)cc1C(C)C. The fourth-order valence-electron chi connectivity index (χ4n) is 8.72. The van der Waals surface area contributed by atoms with E-state index in [2.05, 4.69) is 211 Å². The van der Waals surface area contributed by atoms with Gasteiger partial charge in [0.2, 0.25) is 0 Å². The Kier molecular flexibility index (Phi) is 9.84. The molecule has 0 atom stereocenters. The zero-order valence-corrected chi connectivity index (χ0v) is 34.4. The minimum absolute atomic E-state index is 0.103. The van der Waals surface area contributed by atoms with Crippen molar-refractivity contribution in [1.29, 1.82) is 0 Å². The second-order valence-corrected chi connectivity index (χ2v) is 16.5. The van der Waals surface area contributed by atoms with Crippen LogP contribution in [0.4, 0.5) is 17.1 Å². The molecule has 0 unspecified atom stereocenters. The first kappa shape index (κ1) is 37.5. The van der Waals surface area contributed by atoms with Crippen LogP contribution in [-0.4, -0.2) is 4.57 Å². The fourth-order valence-corrected chi connectivity index (χ4v) is 8.72. The van der Waals surface area contributed by atoms with E-state index < -0.39 is 0 Å². The van der Waals surface area contributed by atoms with E-state index >= 15 is 0 Å². The highest BCUT2D eigenvalue weighted by Crippen LogP contribution is 2.46. The van der Waals surface area contributed by atoms with Gasteiger partial charge < -0.3 is 9.47 Å². The molecule has 6 aromatic carbocycles. The monoisotopic (exact) mass is 740 g/mol. The van der Waals surface area contributed by atoms with Crippen LogP contribution in [0, 0.1) is 6.92 Å². The number of benzene rings is 6. The summed E-state index contributed by atoms with van der Waals surface area (Å²) in [6.07, 6.45) is 10.4. The summed E-state index contributed by atoms with van der Waals surface area (Å²) in [5, 5.41) is 2.51. The maximum absolute atomic E-state index is 4.13. The number of fused-ring (bicyclic) bond motifs is 4. The Hall–Kier alpha value is -6.38. The van der Waals surface area contributed by atoms with Gasteiger partial charge in [0.15, 0.2) is 0 Å². The maximum Gasteiger partial charge on any atom is 0.0541 e. The molecule has 1 aliphatic carbocycles. The van der Waals surface area contributed by atoms with Crippen molar-refractivity contribution in [3.63, 3.8) is 0 Å². The third kappa shape index (κ3) is 6.80. The summed E-state index contributed by atoms with van der Waals surface area (Å²) in [5.74, 6) is 0.320. The van der Waals surface area contributed by atoms with Crippen molar-refractivity contribution < 1.29 is 0 Å². The Bertz CT molecular complexity index is 2790. The van der Waals surface area contributed by atoms with E-state index in [1.54, 1.807) is 0 Å². The van der Waals surface area contributed by atoms with E-state index in [9.17, 15) is 0 Å². The van der Waals surface area contributed by atoms with Gasteiger partial charge in [-0.1, -0.05) is 137 Å². The van der Waals surface area contributed by atoms with Crippen molar-refractivity contribution in [3.8, 4) is 16.8 Å². The van der Waals surface area contributed by atoms with Crippen LogP contribution in [0.3, 0.4) is 0 Å². The van der Waals surface area contributed by atoms with Crippen LogP contribution >= 0.6 is 0 Å². The second kappa shape index (κ2) is 14.9. The summed E-state index contributed by atoms with van der Waals surface area (Å²) in [4.78, 5) is 2.42. The van der Waals surface area contributed by atoms with Gasteiger partial charge in [-0.15, -0.1) is 0 Å². The quantitative estimate of drug-likeness (QED) is 0.127. The highest BCUT2D eigenvalue weighted by molar-refractivity contribution is 6.10. The zero-order chi connectivity index (χ0) is 40.0. The lowest BCUT2D eigenvalue weighted by Gasteiger charge is -2.29. The smallest absolute Gasteiger partial charge is 0.0541 e. The first-order valence-corrected chi connectivity index (χ1v) is 20.1. The average Bonchev–Trinajstić information content (AvgIpc) is 3.68. The molecule has 1 aliphatic rings. The second-order valence-electron chi connectivity index (χ2n) is 16.5. The number of rotatable bonds is 10. The number of hydrogen-bond acceptors (Lipinski definition) is 1. The van der Waals surface area contributed by atoms with Crippen LogP contribution in [0.25, 0.3) is 49.8 Å². The molecule has 7 aromatic rings. The summed E-state index contributed by atoms with van der Waals surface area (Å²) in [7, 11) is 0. The van der Waals surface area contributed by atoms with Crippen LogP contribution in [0.5, 0.6) is 0 Å². The van der Waals surface area contributed by atoms with Gasteiger partial charge in [-0.25, -0.2) is 0 Å². The predicted molar refractivity (Wildman–Crippen MR) is 249 cm³/mol. The molecule has 1 heterocycles. The largest absolute Gasteiger partial charge is 0.310 e. The first-order chi connectivity index (χ1) is 27.5. The molecule has 0 N–H and O–H groups in total. The lowest BCUT2D eigenvalue weighted by atomic mass is 9.86. The molecule has 0 saturated heterocycles. The molecular formula is C55H52N2. The summed E-state index contributed by atoms with van der Waals surface area (Å²) in [6, 6.07) is 47.4. The normalized spacial score (nSPS) is 13.3. The Morgan fingerprint density at radius 1 is 0.702 bits per heavy atom. The third-order valence-electron chi connectivity index (χ3n) is 11.5. The summed E-state index contributed by atoms with van der Waals surface area (Å²) in [6.45, 7) is 23.8. The Morgan fingerprint density at radius 2 is 1.40 bits per heavy atom. The summed E-state index contributed by atoms with van der Waals surface area (Å²) in [5.41, 5.74) is 19.4. The van der Waals surface area contributed by atoms with Crippen molar-refractivity contribution in [2.24, 2.45) is 0 Å². The van der Waals surface area contributed by atoms with E-state index in [-0.39, 0.29) is 5.41 Å². The van der Waals surface area contributed by atoms with Gasteiger partial charge in [-0.2, -0.15) is 0 Å². The number of allylic oxidation sites excluding steroid dienone is 8. The van der Waals surface area contributed by atoms with Crippen LogP contribution in [0.1, 0.15) is 75.3 Å². The minimum atomic E-state index is -0.103. The van der Waals surface area contributed by atoms with Crippen molar-refractivity contribution in [2.75, 3.05) is 4.90 Å². The van der Waals surface area contributed by atoms with Crippen LogP contribution in [0.15, 0.2) is 177 Å². The van der Waals surface area contributed by atoms with E-state index in [0.717, 1.165) is 17.1 Å². The van der Waals surface area contributed by atoms with Crippen LogP contribution < -0.4 is 4.90 Å². The van der Waals surface area contributed by atoms with E-state index in [1.165, 1.54) is 83.2 Å². The van der Waals surface area contributed by atoms with E-state index in [0.29, 0.717) is 5.92 Å². The summed E-state index contributed by atoms with van der Waals surface area (Å²) >= 11 is 0. The van der Waals surface area contributed by atoms with Crippen molar-refractivity contribution in [3.05, 3.63) is 204 Å². The lowest BCUT2D eigenvalue weighted by molar-refractivity contribution is 0.683. The predicted octanol–water partition coefficient (Wildman–Crippen LogP) is 15.7. The molecule has 8 rings (SSSR count). The lowest BCUT2D eigenvalue weighted by Crippen LogP contribution is -2.15. The fraction of sp³-hybridized carbons (Fsp3) is 0.164. The number of para-hydroxylation sites is 1. The van der Waals surface area contributed by atoms with Gasteiger partial charge in [0.05, 0.1) is 11.0 Å². The number of aromatic nitrogens is 1. The Labute approximate surface area is 339 Å². The molecule has 0 radical (unpaired) electrons. The molecule has 0 bridgehead atoms. The molecule has 0 fully saturated rings. The minimum Gasteiger partial charge on any atom is -0.310 e. The van der Waals surface area contributed by atoms with Gasteiger partial charge in [0.25, 0.3) is 0 Å². The topological polar surface area (TPSA) is 8.17 Å². The molecule has 282 valence electrons.